The monoisotopic (exact) mass is 369 g/mol. The van der Waals surface area contributed by atoms with Gasteiger partial charge in [-0.3, -0.25) is 4.79 Å². The van der Waals surface area contributed by atoms with Crippen molar-refractivity contribution >= 4 is 21.8 Å². The van der Waals surface area contributed by atoms with E-state index in [2.05, 4.69) is 21.2 Å². The molecule has 116 valence electrons. The molecular formula is C16H14BrF2NO2. The van der Waals surface area contributed by atoms with E-state index in [0.29, 0.717) is 0 Å². The molecule has 0 unspecified atom stereocenters. The lowest BCUT2D eigenvalue weighted by Crippen LogP contribution is -2.31. The number of amides is 1. The van der Waals surface area contributed by atoms with Gasteiger partial charge in [-0.15, -0.1) is 0 Å². The summed E-state index contributed by atoms with van der Waals surface area (Å²) >= 11 is 3.34. The van der Waals surface area contributed by atoms with Gasteiger partial charge in [0.2, 0.25) is 0 Å². The van der Waals surface area contributed by atoms with Crippen molar-refractivity contribution in [2.75, 3.05) is 6.61 Å². The lowest BCUT2D eigenvalue weighted by molar-refractivity contribution is -0.123. The molecule has 0 aliphatic heterocycles. The zero-order chi connectivity index (χ0) is 16.1. The summed E-state index contributed by atoms with van der Waals surface area (Å²) in [6.07, 6.45) is 0. The first-order valence-electron chi connectivity index (χ1n) is 6.58. The van der Waals surface area contributed by atoms with Gasteiger partial charge in [0.25, 0.3) is 5.91 Å². The summed E-state index contributed by atoms with van der Waals surface area (Å²) in [4.78, 5) is 11.8. The Hall–Kier alpha value is -1.95. The molecule has 0 aliphatic carbocycles. The lowest BCUT2D eigenvalue weighted by atomic mass is 10.1. The van der Waals surface area contributed by atoms with Crippen molar-refractivity contribution < 1.29 is 18.3 Å². The van der Waals surface area contributed by atoms with Gasteiger partial charge in [0.05, 0.1) is 6.04 Å². The molecule has 2 aromatic rings. The number of benzene rings is 2. The number of hydrogen-bond acceptors (Lipinski definition) is 2. The Labute approximate surface area is 135 Å². The zero-order valence-electron chi connectivity index (χ0n) is 11.8. The number of nitrogens with one attached hydrogen (secondary N) is 1. The van der Waals surface area contributed by atoms with Crippen LogP contribution in [0.2, 0.25) is 0 Å². The molecule has 0 aromatic heterocycles. The van der Waals surface area contributed by atoms with Crippen LogP contribution in [0.4, 0.5) is 8.78 Å². The molecule has 0 aliphatic rings. The number of halogens is 3. The molecule has 0 spiro atoms. The van der Waals surface area contributed by atoms with Crippen LogP contribution in [-0.2, 0) is 4.79 Å². The molecule has 0 fully saturated rings. The highest BCUT2D eigenvalue weighted by molar-refractivity contribution is 9.10. The second-order valence-electron chi connectivity index (χ2n) is 4.71. The average molecular weight is 370 g/mol. The first kappa shape index (κ1) is 16.4. The summed E-state index contributed by atoms with van der Waals surface area (Å²) in [7, 11) is 0. The molecule has 6 heteroatoms. The number of carbonyl (C=O) groups is 1. The highest BCUT2D eigenvalue weighted by atomic mass is 79.9. The van der Waals surface area contributed by atoms with Crippen LogP contribution in [0.25, 0.3) is 0 Å². The second-order valence-corrected chi connectivity index (χ2v) is 5.62. The molecule has 2 aromatic carbocycles. The fourth-order valence-electron chi connectivity index (χ4n) is 1.83. The van der Waals surface area contributed by atoms with Crippen molar-refractivity contribution in [3.63, 3.8) is 0 Å². The molecule has 0 heterocycles. The zero-order valence-corrected chi connectivity index (χ0v) is 13.4. The lowest BCUT2D eigenvalue weighted by Gasteiger charge is -2.15. The van der Waals surface area contributed by atoms with Crippen LogP contribution in [0, 0.1) is 11.6 Å². The Morgan fingerprint density at radius 1 is 1.18 bits per heavy atom. The van der Waals surface area contributed by atoms with Crippen LogP contribution in [0.3, 0.4) is 0 Å². The fourth-order valence-corrected chi connectivity index (χ4v) is 2.10. The van der Waals surface area contributed by atoms with Crippen LogP contribution in [0.5, 0.6) is 5.75 Å². The van der Waals surface area contributed by atoms with Gasteiger partial charge in [-0.05, 0) is 36.8 Å². The largest absolute Gasteiger partial charge is 0.484 e. The van der Waals surface area contributed by atoms with Gasteiger partial charge in [-0.25, -0.2) is 8.78 Å². The standard InChI is InChI=1S/C16H14BrF2NO2/c1-10(11-2-4-12(17)5-3-11)20-16(21)9-22-13-6-7-14(18)15(19)8-13/h2-8,10H,9H2,1H3,(H,20,21)/t10-/m1/s1. The normalized spacial score (nSPS) is 11.8. The Morgan fingerprint density at radius 2 is 1.86 bits per heavy atom. The van der Waals surface area contributed by atoms with Crippen molar-refractivity contribution in [1.29, 1.82) is 0 Å². The molecule has 1 atom stereocenters. The van der Waals surface area contributed by atoms with E-state index in [-0.39, 0.29) is 24.3 Å². The Bertz CT molecular complexity index is 662. The van der Waals surface area contributed by atoms with Crippen LogP contribution in [0.15, 0.2) is 46.9 Å². The summed E-state index contributed by atoms with van der Waals surface area (Å²) in [6.45, 7) is 1.57. The third-order valence-corrected chi connectivity index (χ3v) is 3.54. The predicted molar refractivity (Wildman–Crippen MR) is 82.6 cm³/mol. The predicted octanol–water partition coefficient (Wildman–Crippen LogP) is 3.98. The quantitative estimate of drug-likeness (QED) is 0.865. The third-order valence-electron chi connectivity index (χ3n) is 3.01. The first-order chi connectivity index (χ1) is 10.5. The Morgan fingerprint density at radius 3 is 2.50 bits per heavy atom. The van der Waals surface area contributed by atoms with Crippen molar-refractivity contribution in [3.8, 4) is 5.75 Å². The van der Waals surface area contributed by atoms with Crippen molar-refractivity contribution in [3.05, 3.63) is 64.1 Å². The highest BCUT2D eigenvalue weighted by Crippen LogP contribution is 2.17. The van der Waals surface area contributed by atoms with Crippen LogP contribution in [-0.4, -0.2) is 12.5 Å². The minimum atomic E-state index is -1.01. The summed E-state index contributed by atoms with van der Waals surface area (Å²) in [5, 5.41) is 2.76. The van der Waals surface area contributed by atoms with Gasteiger partial charge in [-0.1, -0.05) is 28.1 Å². The highest BCUT2D eigenvalue weighted by Gasteiger charge is 2.11. The van der Waals surface area contributed by atoms with Gasteiger partial charge in [0, 0.05) is 10.5 Å². The maximum absolute atomic E-state index is 13.0. The van der Waals surface area contributed by atoms with Gasteiger partial charge >= 0.3 is 0 Å². The number of rotatable bonds is 5. The Balaban J connectivity index is 1.87. The smallest absolute Gasteiger partial charge is 0.258 e. The molecule has 0 saturated carbocycles. The van der Waals surface area contributed by atoms with Crippen molar-refractivity contribution in [2.45, 2.75) is 13.0 Å². The van der Waals surface area contributed by atoms with Gasteiger partial charge in [0.15, 0.2) is 18.2 Å². The van der Waals surface area contributed by atoms with E-state index in [1.807, 2.05) is 31.2 Å². The van der Waals surface area contributed by atoms with Gasteiger partial charge in [-0.2, -0.15) is 0 Å². The Kier molecular flexibility index (Phi) is 5.49. The van der Waals surface area contributed by atoms with E-state index < -0.39 is 11.6 Å². The van der Waals surface area contributed by atoms with E-state index >= 15 is 0 Å². The fraction of sp³-hybridized carbons (Fsp3) is 0.188. The molecule has 3 nitrogen and oxygen atoms in total. The van der Waals surface area contributed by atoms with Crippen LogP contribution >= 0.6 is 15.9 Å². The van der Waals surface area contributed by atoms with E-state index in [1.54, 1.807) is 0 Å². The minimum absolute atomic E-state index is 0.102. The maximum Gasteiger partial charge on any atom is 0.258 e. The molecule has 1 amide bonds. The van der Waals surface area contributed by atoms with Gasteiger partial charge in [0.1, 0.15) is 5.75 Å². The number of ether oxygens (including phenoxy) is 1. The number of hydrogen-bond donors (Lipinski definition) is 1. The molecular weight excluding hydrogens is 356 g/mol. The van der Waals surface area contributed by atoms with E-state index in [4.69, 9.17) is 4.74 Å². The van der Waals surface area contributed by atoms with Crippen molar-refractivity contribution in [1.82, 2.24) is 5.32 Å². The molecule has 0 radical (unpaired) electrons. The summed E-state index contributed by atoms with van der Waals surface area (Å²) in [5.41, 5.74) is 0.948. The molecule has 2 rings (SSSR count). The van der Waals surface area contributed by atoms with Gasteiger partial charge < -0.3 is 10.1 Å². The van der Waals surface area contributed by atoms with E-state index in [9.17, 15) is 13.6 Å². The van der Waals surface area contributed by atoms with Crippen LogP contribution in [0.1, 0.15) is 18.5 Å². The average Bonchev–Trinajstić information content (AvgIpc) is 2.49. The summed E-state index contributed by atoms with van der Waals surface area (Å²) < 4.78 is 31.9. The summed E-state index contributed by atoms with van der Waals surface area (Å²) in [5.74, 6) is -2.22. The van der Waals surface area contributed by atoms with E-state index in [1.165, 1.54) is 6.07 Å². The molecule has 0 saturated heterocycles. The van der Waals surface area contributed by atoms with E-state index in [0.717, 1.165) is 22.2 Å². The number of carbonyl (C=O) groups excluding carboxylic acids is 1. The summed E-state index contributed by atoms with van der Waals surface area (Å²) in [6, 6.07) is 10.5. The first-order valence-corrected chi connectivity index (χ1v) is 7.37. The van der Waals surface area contributed by atoms with Crippen molar-refractivity contribution in [2.24, 2.45) is 0 Å². The molecule has 22 heavy (non-hydrogen) atoms. The SMILES string of the molecule is C[C@@H](NC(=O)COc1ccc(F)c(F)c1)c1ccc(Br)cc1. The molecule has 1 N–H and O–H groups in total. The second kappa shape index (κ2) is 7.35. The molecule has 0 bridgehead atoms. The topological polar surface area (TPSA) is 38.3 Å². The van der Waals surface area contributed by atoms with Crippen LogP contribution < -0.4 is 10.1 Å². The third kappa shape index (κ3) is 4.53. The maximum atomic E-state index is 13.0. The minimum Gasteiger partial charge on any atom is -0.484 e.